The van der Waals surface area contributed by atoms with Crippen LogP contribution in [0.25, 0.3) is 0 Å². The Morgan fingerprint density at radius 1 is 0.889 bits per heavy atom. The number of alkyl carbamates (subject to hydrolysis) is 1. The molecule has 4 N–H and O–H groups in total. The lowest BCUT2D eigenvalue weighted by molar-refractivity contribution is -0.122. The molecule has 0 saturated carbocycles. The van der Waals surface area contributed by atoms with Crippen LogP contribution in [0.5, 0.6) is 5.75 Å². The molecule has 0 unspecified atom stereocenters. The summed E-state index contributed by atoms with van der Waals surface area (Å²) in [4.78, 5) is 24.2. The first-order valence-electron chi connectivity index (χ1n) is 11.4. The second-order valence-electron chi connectivity index (χ2n) is 8.11. The van der Waals surface area contributed by atoms with Crippen LogP contribution in [-0.2, 0) is 29.2 Å². The van der Waals surface area contributed by atoms with Gasteiger partial charge in [-0.15, -0.1) is 0 Å². The molecule has 0 aliphatic carbocycles. The highest BCUT2D eigenvalue weighted by Crippen LogP contribution is 2.20. The lowest BCUT2D eigenvalue weighted by Crippen LogP contribution is -2.49. The van der Waals surface area contributed by atoms with Crippen molar-refractivity contribution in [2.75, 3.05) is 13.2 Å². The molecule has 190 valence electrons. The fourth-order valence-electron chi connectivity index (χ4n) is 3.41. The van der Waals surface area contributed by atoms with Crippen molar-refractivity contribution in [2.45, 2.75) is 31.8 Å². The molecule has 3 aromatic carbocycles. The molecule has 0 bridgehead atoms. The largest absolute Gasteiger partial charge is 0.489 e. The van der Waals surface area contributed by atoms with Crippen LogP contribution < -0.4 is 15.4 Å². The summed E-state index contributed by atoms with van der Waals surface area (Å²) in [5.41, 5.74) is 2.16. The van der Waals surface area contributed by atoms with Gasteiger partial charge in [0.2, 0.25) is 5.91 Å². The van der Waals surface area contributed by atoms with Gasteiger partial charge >= 0.3 is 6.09 Å². The van der Waals surface area contributed by atoms with Crippen molar-refractivity contribution in [3.8, 4) is 5.75 Å². The summed E-state index contributed by atoms with van der Waals surface area (Å²) < 4.78 is 24.9. The number of hydrogen-bond acceptors (Lipinski definition) is 6. The van der Waals surface area contributed by atoms with Gasteiger partial charge in [-0.05, 0) is 35.2 Å². The number of carbonyl (C=O) groups is 2. The molecule has 0 saturated heterocycles. The van der Waals surface area contributed by atoms with Gasteiger partial charge in [-0.25, -0.2) is 9.18 Å². The first kappa shape index (κ1) is 26.7. The number of hydrogen-bond donors (Lipinski definition) is 4. The Balaban J connectivity index is 1.53. The highest BCUT2D eigenvalue weighted by molar-refractivity contribution is 5.82. The highest BCUT2D eigenvalue weighted by Gasteiger charge is 2.22. The summed E-state index contributed by atoms with van der Waals surface area (Å²) in [7, 11) is 0. The maximum Gasteiger partial charge on any atom is 0.407 e. The summed E-state index contributed by atoms with van der Waals surface area (Å²) in [5.74, 6) is -0.858. The smallest absolute Gasteiger partial charge is 0.407 e. The molecule has 0 aliphatic heterocycles. The Hall–Kier alpha value is -3.95. The standard InChI is InChI=1S/C27H29FN2O6/c28-22-11-21(12-23(14-22)35-17-19-7-3-1-4-8-19)13-24(25(32)16-31)30-26(33)15-29-27(34)36-18-20-9-5-2-6-10-20/h1-12,14,24-25,31-32H,13,15-18H2,(H,29,34)(H,30,33)/t24-,25+/m0/s1. The first-order chi connectivity index (χ1) is 17.4. The molecule has 2 amide bonds. The van der Waals surface area contributed by atoms with E-state index in [2.05, 4.69) is 10.6 Å². The van der Waals surface area contributed by atoms with Gasteiger partial charge in [0.15, 0.2) is 0 Å². The third-order valence-electron chi connectivity index (χ3n) is 5.24. The van der Waals surface area contributed by atoms with Crippen LogP contribution in [0.1, 0.15) is 16.7 Å². The van der Waals surface area contributed by atoms with E-state index in [1.54, 1.807) is 18.2 Å². The number of ether oxygens (including phenoxy) is 2. The van der Waals surface area contributed by atoms with Crippen molar-refractivity contribution in [1.82, 2.24) is 10.6 Å². The number of nitrogens with one attached hydrogen (secondary N) is 2. The van der Waals surface area contributed by atoms with Crippen molar-refractivity contribution in [2.24, 2.45) is 0 Å². The van der Waals surface area contributed by atoms with Crippen molar-refractivity contribution in [3.05, 3.63) is 101 Å². The first-order valence-corrected chi connectivity index (χ1v) is 11.4. The predicted molar refractivity (Wildman–Crippen MR) is 131 cm³/mol. The van der Waals surface area contributed by atoms with Crippen LogP contribution in [0.3, 0.4) is 0 Å². The molecule has 0 spiro atoms. The van der Waals surface area contributed by atoms with E-state index in [1.165, 1.54) is 12.1 Å². The van der Waals surface area contributed by atoms with E-state index in [4.69, 9.17) is 9.47 Å². The van der Waals surface area contributed by atoms with Gasteiger partial charge in [-0.3, -0.25) is 4.79 Å². The normalized spacial score (nSPS) is 12.3. The van der Waals surface area contributed by atoms with Crippen molar-refractivity contribution in [3.63, 3.8) is 0 Å². The van der Waals surface area contributed by atoms with Gasteiger partial charge in [0, 0.05) is 6.07 Å². The molecule has 3 rings (SSSR count). The second kappa shape index (κ2) is 13.8. The van der Waals surface area contributed by atoms with E-state index >= 15 is 0 Å². The molecule has 0 heterocycles. The highest BCUT2D eigenvalue weighted by atomic mass is 19.1. The van der Waals surface area contributed by atoms with Crippen LogP contribution in [0.4, 0.5) is 9.18 Å². The van der Waals surface area contributed by atoms with Crippen molar-refractivity contribution in [1.29, 1.82) is 0 Å². The minimum Gasteiger partial charge on any atom is -0.489 e. The van der Waals surface area contributed by atoms with Gasteiger partial charge in [-0.2, -0.15) is 0 Å². The maximum atomic E-state index is 14.2. The average Bonchev–Trinajstić information content (AvgIpc) is 2.89. The van der Waals surface area contributed by atoms with Gasteiger partial charge in [0.1, 0.15) is 31.3 Å². The van der Waals surface area contributed by atoms with E-state index in [1.807, 2.05) is 48.5 Å². The Labute approximate surface area is 208 Å². The number of benzene rings is 3. The summed E-state index contributed by atoms with van der Waals surface area (Å²) in [6, 6.07) is 21.6. The number of rotatable bonds is 12. The van der Waals surface area contributed by atoms with Crippen LogP contribution in [-0.4, -0.2) is 47.5 Å². The number of aliphatic hydroxyl groups excluding tert-OH is 2. The van der Waals surface area contributed by atoms with Crippen LogP contribution in [0.2, 0.25) is 0 Å². The van der Waals surface area contributed by atoms with E-state index in [0.717, 1.165) is 11.1 Å². The average molecular weight is 497 g/mol. The van der Waals surface area contributed by atoms with Crippen LogP contribution >= 0.6 is 0 Å². The molecule has 8 nitrogen and oxygen atoms in total. The minimum absolute atomic E-state index is 0.0192. The fourth-order valence-corrected chi connectivity index (χ4v) is 3.41. The molecule has 2 atom stereocenters. The fraction of sp³-hybridized carbons (Fsp3) is 0.259. The zero-order valence-corrected chi connectivity index (χ0v) is 19.6. The monoisotopic (exact) mass is 496 g/mol. The molecular formula is C27H29FN2O6. The molecule has 0 radical (unpaired) electrons. The summed E-state index contributed by atoms with van der Waals surface area (Å²) >= 11 is 0. The summed E-state index contributed by atoms with van der Waals surface area (Å²) in [6.07, 6.45) is -2.07. The number of carbonyl (C=O) groups excluding carboxylic acids is 2. The molecule has 0 aliphatic rings. The maximum absolute atomic E-state index is 14.2. The Kier molecular flexibility index (Phi) is 10.2. The van der Waals surface area contributed by atoms with E-state index in [-0.39, 0.29) is 19.6 Å². The molecule has 0 fully saturated rings. The van der Waals surface area contributed by atoms with Gasteiger partial charge in [0.25, 0.3) is 0 Å². The van der Waals surface area contributed by atoms with Gasteiger partial charge < -0.3 is 30.3 Å². The van der Waals surface area contributed by atoms with Crippen molar-refractivity contribution >= 4 is 12.0 Å². The lowest BCUT2D eigenvalue weighted by atomic mass is 10.0. The molecular weight excluding hydrogens is 467 g/mol. The molecule has 0 aromatic heterocycles. The molecule has 9 heteroatoms. The molecule has 3 aromatic rings. The third-order valence-corrected chi connectivity index (χ3v) is 5.24. The van der Waals surface area contributed by atoms with Gasteiger partial charge in [-0.1, -0.05) is 60.7 Å². The number of halogens is 1. The Morgan fingerprint density at radius 3 is 2.17 bits per heavy atom. The Morgan fingerprint density at radius 2 is 1.53 bits per heavy atom. The summed E-state index contributed by atoms with van der Waals surface area (Å²) in [5, 5.41) is 24.5. The molecule has 36 heavy (non-hydrogen) atoms. The van der Waals surface area contributed by atoms with Crippen LogP contribution in [0, 0.1) is 5.82 Å². The second-order valence-corrected chi connectivity index (χ2v) is 8.11. The predicted octanol–water partition coefficient (Wildman–Crippen LogP) is 2.71. The van der Waals surface area contributed by atoms with E-state index in [9.17, 15) is 24.2 Å². The van der Waals surface area contributed by atoms with Crippen LogP contribution in [0.15, 0.2) is 78.9 Å². The zero-order chi connectivity index (χ0) is 25.8. The lowest BCUT2D eigenvalue weighted by Gasteiger charge is -2.23. The topological polar surface area (TPSA) is 117 Å². The van der Waals surface area contributed by atoms with E-state index < -0.39 is 43.1 Å². The summed E-state index contributed by atoms with van der Waals surface area (Å²) in [6.45, 7) is -0.732. The quantitative estimate of drug-likeness (QED) is 0.306. The zero-order valence-electron chi connectivity index (χ0n) is 19.6. The third kappa shape index (κ3) is 9.01. The van der Waals surface area contributed by atoms with E-state index in [0.29, 0.717) is 11.3 Å². The number of amides is 2. The SMILES string of the molecule is O=C(CNC(=O)OCc1ccccc1)N[C@@H](Cc1cc(F)cc(OCc2ccccc2)c1)[C@H](O)CO. The minimum atomic E-state index is -1.31. The Bertz CT molecular complexity index is 1110. The van der Waals surface area contributed by atoms with Gasteiger partial charge in [0.05, 0.1) is 18.8 Å². The number of aliphatic hydroxyl groups is 2. The van der Waals surface area contributed by atoms with Crippen molar-refractivity contribution < 1.29 is 33.7 Å².